The zero-order chi connectivity index (χ0) is 49.9. The van der Waals surface area contributed by atoms with Gasteiger partial charge in [-0.05, 0) is 68.2 Å². The average molecular weight is 964 g/mol. The normalized spacial score (nSPS) is 16.1. The molecule has 21 nitrogen and oxygen atoms in total. The van der Waals surface area contributed by atoms with E-state index in [1.165, 1.54) is 4.90 Å². The number of H-pyrrole nitrogens is 1. The second kappa shape index (κ2) is 26.7. The molecule has 0 aliphatic carbocycles. The summed E-state index contributed by atoms with van der Waals surface area (Å²) >= 11 is 4.22. The molecule has 0 saturated carbocycles. The van der Waals surface area contributed by atoms with Crippen LogP contribution in [0.25, 0.3) is 10.9 Å². The van der Waals surface area contributed by atoms with Crippen LogP contribution in [0, 0.1) is 5.92 Å². The number of carboxylic acid groups (broad SMARTS) is 1. The molecule has 22 heteroatoms. The molecule has 0 radical (unpaired) electrons. The Morgan fingerprint density at radius 1 is 0.794 bits per heavy atom. The number of benzene rings is 2. The van der Waals surface area contributed by atoms with Crippen molar-refractivity contribution in [1.29, 1.82) is 0 Å². The number of carbonyl (C=O) groups excluding carboxylic acids is 8. The van der Waals surface area contributed by atoms with Crippen molar-refractivity contribution in [2.75, 3.05) is 25.4 Å². The second-order valence-corrected chi connectivity index (χ2v) is 17.5. The fourth-order valence-corrected chi connectivity index (χ4v) is 8.05. The second-order valence-electron chi connectivity index (χ2n) is 17.1. The van der Waals surface area contributed by atoms with Gasteiger partial charge in [0.25, 0.3) is 0 Å². The largest absolute Gasteiger partial charge is 0.480 e. The molecule has 0 spiro atoms. The number of aromatic nitrogens is 1. The number of hydrogen-bond donors (Lipinski definition) is 12. The minimum absolute atomic E-state index is 0.0260. The smallest absolute Gasteiger partial charge is 0.326 e. The lowest BCUT2D eigenvalue weighted by Gasteiger charge is -2.30. The van der Waals surface area contributed by atoms with E-state index >= 15 is 0 Å². The molecule has 14 N–H and O–H groups in total. The van der Waals surface area contributed by atoms with Gasteiger partial charge in [-0.25, -0.2) is 4.79 Å². The third kappa shape index (κ3) is 16.1. The highest BCUT2D eigenvalue weighted by Crippen LogP contribution is 2.21. The van der Waals surface area contributed by atoms with Crippen LogP contribution in [-0.4, -0.2) is 136 Å². The maximum Gasteiger partial charge on any atom is 0.326 e. The van der Waals surface area contributed by atoms with Gasteiger partial charge in [-0.3, -0.25) is 38.4 Å². The van der Waals surface area contributed by atoms with Crippen molar-refractivity contribution in [1.82, 2.24) is 41.8 Å². The van der Waals surface area contributed by atoms with Crippen molar-refractivity contribution in [3.05, 3.63) is 71.9 Å². The van der Waals surface area contributed by atoms with E-state index < -0.39 is 108 Å². The van der Waals surface area contributed by atoms with Gasteiger partial charge in [0.15, 0.2) is 0 Å². The van der Waals surface area contributed by atoms with Gasteiger partial charge in [-0.15, -0.1) is 0 Å². The zero-order valence-corrected chi connectivity index (χ0v) is 39.2. The number of carbonyl (C=O) groups is 9. The number of hydrogen-bond acceptors (Lipinski definition) is 12. The predicted octanol–water partition coefficient (Wildman–Crippen LogP) is -1.12. The standard InChI is InChI=1S/C46H65N11O10S/c1-26(2)39(44(64)53-32(46(66)67)15-8-9-19-47)56-41(61)33(22-28-23-50-31-14-7-6-13-29(28)31)52-38(59)24-51-43(63)36-16-10-20-57(36)45(65)34(21-27-11-4-3-5-12-27)54-42(62)35(25-68)55-40(60)30(48)17-18-37(49)58/h3-7,11-14,23,26,30,32-36,39,50,68H,8-10,15-22,24-25,47-48H2,1-2H3,(H2,49,58)(H,51,63)(H,52,59)(H,53,64)(H,54,62)(H,55,60)(H,56,61)(H,66,67)/t30-,32-,33-,34-,35-,36-,39-/m0/s1. The average Bonchev–Trinajstić information content (AvgIpc) is 3.98. The molecule has 370 valence electrons. The molecule has 1 saturated heterocycles. The molecule has 1 fully saturated rings. The molecule has 3 aromatic rings. The van der Waals surface area contributed by atoms with E-state index in [1.807, 2.05) is 24.3 Å². The first-order valence-electron chi connectivity index (χ1n) is 22.7. The maximum absolute atomic E-state index is 14.3. The quantitative estimate of drug-likeness (QED) is 0.0319. The van der Waals surface area contributed by atoms with Crippen molar-refractivity contribution in [2.45, 2.75) is 114 Å². The van der Waals surface area contributed by atoms with Crippen LogP contribution in [0.1, 0.15) is 69.9 Å². The third-order valence-electron chi connectivity index (χ3n) is 11.6. The third-order valence-corrected chi connectivity index (χ3v) is 11.9. The van der Waals surface area contributed by atoms with E-state index in [0.717, 1.165) is 10.9 Å². The van der Waals surface area contributed by atoms with Gasteiger partial charge < -0.3 is 64.1 Å². The number of nitrogens with zero attached hydrogens (tertiary/aromatic N) is 1. The van der Waals surface area contributed by atoms with E-state index in [4.69, 9.17) is 17.2 Å². The Morgan fingerprint density at radius 2 is 1.46 bits per heavy atom. The van der Waals surface area contributed by atoms with Gasteiger partial charge in [-0.1, -0.05) is 62.4 Å². The van der Waals surface area contributed by atoms with E-state index in [2.05, 4.69) is 49.5 Å². The fourth-order valence-electron chi connectivity index (χ4n) is 7.79. The Kier molecular flexibility index (Phi) is 21.3. The van der Waals surface area contributed by atoms with Crippen molar-refractivity contribution in [3.63, 3.8) is 0 Å². The Morgan fingerprint density at radius 3 is 2.12 bits per heavy atom. The van der Waals surface area contributed by atoms with Crippen molar-refractivity contribution >= 4 is 76.8 Å². The van der Waals surface area contributed by atoms with E-state index in [-0.39, 0.29) is 50.8 Å². The van der Waals surface area contributed by atoms with Crippen LogP contribution in [0.2, 0.25) is 0 Å². The van der Waals surface area contributed by atoms with Gasteiger partial charge in [0.05, 0.1) is 12.6 Å². The lowest BCUT2D eigenvalue weighted by Crippen LogP contribution is -2.59. The van der Waals surface area contributed by atoms with Crippen LogP contribution in [0.15, 0.2) is 60.8 Å². The van der Waals surface area contributed by atoms with Crippen LogP contribution in [0.4, 0.5) is 0 Å². The number of thiol groups is 1. The monoisotopic (exact) mass is 963 g/mol. The number of aliphatic carboxylic acids is 1. The number of rotatable bonds is 27. The van der Waals surface area contributed by atoms with Gasteiger partial charge in [-0.2, -0.15) is 12.6 Å². The number of aromatic amines is 1. The fraction of sp³-hybridized carbons (Fsp3) is 0.500. The molecular weight excluding hydrogens is 899 g/mol. The Labute approximate surface area is 400 Å². The first-order valence-corrected chi connectivity index (χ1v) is 23.3. The van der Waals surface area contributed by atoms with E-state index in [1.54, 1.807) is 50.4 Å². The Bertz CT molecular complexity index is 2240. The molecule has 0 bridgehead atoms. The molecule has 8 amide bonds. The highest BCUT2D eigenvalue weighted by Gasteiger charge is 2.39. The minimum Gasteiger partial charge on any atom is -0.480 e. The summed E-state index contributed by atoms with van der Waals surface area (Å²) in [4.78, 5) is 123. The number of fused-ring (bicyclic) bond motifs is 1. The molecule has 1 aromatic heterocycles. The Hall–Kier alpha value is -6.52. The van der Waals surface area contributed by atoms with Crippen LogP contribution >= 0.6 is 12.6 Å². The summed E-state index contributed by atoms with van der Waals surface area (Å²) < 4.78 is 0. The van der Waals surface area contributed by atoms with Gasteiger partial charge in [0.2, 0.25) is 47.3 Å². The maximum atomic E-state index is 14.3. The number of para-hydroxylation sites is 1. The van der Waals surface area contributed by atoms with E-state index in [9.17, 15) is 48.3 Å². The van der Waals surface area contributed by atoms with Crippen LogP contribution in [0.5, 0.6) is 0 Å². The SMILES string of the molecule is CC(C)[C@H](NC(=O)[C@H](Cc1c[nH]c2ccccc12)NC(=O)CNC(=O)[C@@H]1CCCN1C(=O)[C@H](Cc1ccccc1)NC(=O)[C@H](CS)NC(=O)[C@@H](N)CCC(N)=O)C(=O)N[C@@H](CCCCN)C(=O)O. The molecule has 2 aromatic carbocycles. The molecule has 4 rings (SSSR count). The summed E-state index contributed by atoms with van der Waals surface area (Å²) in [6.45, 7) is 3.28. The lowest BCUT2D eigenvalue weighted by atomic mass is 10.00. The van der Waals surface area contributed by atoms with Crippen molar-refractivity contribution < 1.29 is 48.3 Å². The molecule has 0 unspecified atom stereocenters. The molecular formula is C46H65N11O10S. The van der Waals surface area contributed by atoms with Gasteiger partial charge >= 0.3 is 5.97 Å². The van der Waals surface area contributed by atoms with Crippen molar-refractivity contribution in [2.24, 2.45) is 23.1 Å². The number of nitrogens with two attached hydrogens (primary N) is 3. The molecule has 7 atom stereocenters. The predicted molar refractivity (Wildman–Crippen MR) is 255 cm³/mol. The molecule has 1 aliphatic rings. The number of carboxylic acids is 1. The van der Waals surface area contributed by atoms with E-state index in [0.29, 0.717) is 36.9 Å². The number of nitrogens with one attached hydrogen (secondary N) is 7. The van der Waals surface area contributed by atoms with Gasteiger partial charge in [0.1, 0.15) is 36.3 Å². The number of unbranched alkanes of at least 4 members (excludes halogenated alkanes) is 1. The van der Waals surface area contributed by atoms with Crippen LogP contribution in [0.3, 0.4) is 0 Å². The highest BCUT2D eigenvalue weighted by molar-refractivity contribution is 7.80. The summed E-state index contributed by atoms with van der Waals surface area (Å²) in [6, 6.07) is 7.92. The summed E-state index contributed by atoms with van der Waals surface area (Å²) in [5, 5.41) is 26.2. The van der Waals surface area contributed by atoms with Crippen LogP contribution in [-0.2, 0) is 56.0 Å². The molecule has 2 heterocycles. The first-order chi connectivity index (χ1) is 32.4. The number of amides is 8. The summed E-state index contributed by atoms with van der Waals surface area (Å²) in [5.41, 5.74) is 18.8. The minimum atomic E-state index is -1.27. The topological polar surface area (TPSA) is 343 Å². The van der Waals surface area contributed by atoms with Crippen LogP contribution < -0.4 is 49.1 Å². The summed E-state index contributed by atoms with van der Waals surface area (Å²) in [6.07, 6.45) is 3.33. The summed E-state index contributed by atoms with van der Waals surface area (Å²) in [7, 11) is 0. The molecule has 68 heavy (non-hydrogen) atoms. The van der Waals surface area contributed by atoms with Crippen molar-refractivity contribution in [3.8, 4) is 0 Å². The highest BCUT2D eigenvalue weighted by atomic mass is 32.1. The van der Waals surface area contributed by atoms with Gasteiger partial charge in [0, 0.05) is 48.7 Å². The Balaban J connectivity index is 1.47. The summed E-state index contributed by atoms with van der Waals surface area (Å²) in [5.74, 6) is -7.45. The lowest BCUT2D eigenvalue weighted by molar-refractivity contribution is -0.143. The first kappa shape index (κ1) is 54.1. The molecule has 1 aliphatic heterocycles. The number of likely N-dealkylation sites (tertiary alicyclic amines) is 1. The number of primary amides is 1. The zero-order valence-electron chi connectivity index (χ0n) is 38.3.